The summed E-state index contributed by atoms with van der Waals surface area (Å²) >= 11 is 0. The summed E-state index contributed by atoms with van der Waals surface area (Å²) in [6.45, 7) is -0.282. The first-order chi connectivity index (χ1) is 13.4. The van der Waals surface area contributed by atoms with Crippen LogP contribution in [0.15, 0.2) is 36.4 Å². The highest BCUT2D eigenvalue weighted by atomic mass is 19.1. The first-order valence-electron chi connectivity index (χ1n) is 8.35. The van der Waals surface area contributed by atoms with Crippen LogP contribution in [-0.2, 0) is 16.1 Å². The molecule has 0 atom stereocenters. The predicted molar refractivity (Wildman–Crippen MR) is 99.3 cm³/mol. The molecule has 7 nitrogen and oxygen atoms in total. The number of likely N-dealkylation sites (N-methyl/N-ethyl adjacent to an activating group) is 1. The third kappa shape index (κ3) is 5.12. The minimum Gasteiger partial charge on any atom is -0.496 e. The zero-order valence-corrected chi connectivity index (χ0v) is 16.2. The second kappa shape index (κ2) is 9.59. The average Bonchev–Trinajstić information content (AvgIpc) is 2.70. The number of hydrogen-bond donors (Lipinski definition) is 0. The molecule has 0 saturated heterocycles. The number of esters is 1. The van der Waals surface area contributed by atoms with Gasteiger partial charge in [-0.25, -0.2) is 9.18 Å². The number of amides is 1. The molecule has 150 valence electrons. The number of rotatable bonds is 8. The van der Waals surface area contributed by atoms with Gasteiger partial charge in [0.1, 0.15) is 17.1 Å². The van der Waals surface area contributed by atoms with Crippen molar-refractivity contribution in [1.82, 2.24) is 4.90 Å². The molecule has 0 aliphatic carbocycles. The molecule has 0 fully saturated rings. The lowest BCUT2D eigenvalue weighted by Crippen LogP contribution is -2.30. The SMILES string of the molecule is COc1cc(OC)c(C(=O)OCC(=O)N(C)Cc2cccc(F)c2)cc1OC. The Kier molecular flexibility index (Phi) is 7.20. The Hall–Kier alpha value is -3.29. The van der Waals surface area contributed by atoms with E-state index in [2.05, 4.69) is 0 Å². The molecule has 0 N–H and O–H groups in total. The topological polar surface area (TPSA) is 74.3 Å². The summed E-state index contributed by atoms with van der Waals surface area (Å²) in [5.41, 5.74) is 0.726. The van der Waals surface area contributed by atoms with Crippen molar-refractivity contribution < 1.29 is 32.9 Å². The Labute approximate surface area is 162 Å². The minimum atomic E-state index is -0.745. The van der Waals surface area contributed by atoms with E-state index in [0.717, 1.165) is 0 Å². The van der Waals surface area contributed by atoms with Gasteiger partial charge in [0.2, 0.25) is 0 Å². The van der Waals surface area contributed by atoms with Crippen LogP contribution in [-0.4, -0.2) is 51.8 Å². The normalized spacial score (nSPS) is 10.2. The summed E-state index contributed by atoms with van der Waals surface area (Å²) in [7, 11) is 5.83. The molecule has 0 aliphatic rings. The van der Waals surface area contributed by atoms with Crippen molar-refractivity contribution in [2.45, 2.75) is 6.54 Å². The lowest BCUT2D eigenvalue weighted by Gasteiger charge is -2.18. The molecule has 0 bridgehead atoms. The van der Waals surface area contributed by atoms with Gasteiger partial charge < -0.3 is 23.8 Å². The maximum Gasteiger partial charge on any atom is 0.342 e. The maximum absolute atomic E-state index is 13.2. The van der Waals surface area contributed by atoms with Crippen LogP contribution in [0, 0.1) is 5.82 Å². The third-order valence-corrected chi connectivity index (χ3v) is 3.99. The fraction of sp³-hybridized carbons (Fsp3) is 0.300. The number of carbonyl (C=O) groups excluding carboxylic acids is 2. The summed E-state index contributed by atoms with van der Waals surface area (Å²) in [6, 6.07) is 8.84. The highest BCUT2D eigenvalue weighted by Crippen LogP contribution is 2.34. The molecule has 0 aromatic heterocycles. The summed E-state index contributed by atoms with van der Waals surface area (Å²) in [6.07, 6.45) is 0. The Morgan fingerprint density at radius 1 is 0.964 bits per heavy atom. The van der Waals surface area contributed by atoms with Crippen LogP contribution >= 0.6 is 0 Å². The Morgan fingerprint density at radius 2 is 1.61 bits per heavy atom. The molecule has 28 heavy (non-hydrogen) atoms. The number of halogens is 1. The number of hydrogen-bond acceptors (Lipinski definition) is 6. The largest absolute Gasteiger partial charge is 0.496 e. The standard InChI is InChI=1S/C20H22FNO6/c1-22(11-13-6-5-7-14(21)8-13)19(23)12-28-20(24)15-9-17(26-3)18(27-4)10-16(15)25-2/h5-10H,11-12H2,1-4H3. The highest BCUT2D eigenvalue weighted by molar-refractivity contribution is 5.95. The summed E-state index contributed by atoms with van der Waals surface area (Å²) in [5, 5.41) is 0. The van der Waals surface area contributed by atoms with E-state index in [1.165, 1.54) is 57.5 Å². The molecule has 0 spiro atoms. The number of nitrogens with zero attached hydrogens (tertiary/aromatic N) is 1. The number of benzene rings is 2. The maximum atomic E-state index is 13.2. The molecule has 0 aliphatic heterocycles. The van der Waals surface area contributed by atoms with Crippen molar-refractivity contribution >= 4 is 11.9 Å². The van der Waals surface area contributed by atoms with Crippen LogP contribution < -0.4 is 14.2 Å². The van der Waals surface area contributed by atoms with Crippen molar-refractivity contribution in [3.05, 3.63) is 53.3 Å². The molecule has 0 heterocycles. The Morgan fingerprint density at radius 3 is 2.21 bits per heavy atom. The lowest BCUT2D eigenvalue weighted by atomic mass is 10.1. The third-order valence-electron chi connectivity index (χ3n) is 3.99. The van der Waals surface area contributed by atoms with E-state index in [9.17, 15) is 14.0 Å². The molecule has 0 radical (unpaired) electrons. The molecule has 2 rings (SSSR count). The monoisotopic (exact) mass is 391 g/mol. The number of ether oxygens (including phenoxy) is 4. The molecule has 2 aromatic rings. The first-order valence-corrected chi connectivity index (χ1v) is 8.35. The summed E-state index contributed by atoms with van der Waals surface area (Å²) < 4.78 is 33.9. The van der Waals surface area contributed by atoms with Gasteiger partial charge in [-0.05, 0) is 17.7 Å². The van der Waals surface area contributed by atoms with Gasteiger partial charge in [0, 0.05) is 25.7 Å². The number of carbonyl (C=O) groups is 2. The van der Waals surface area contributed by atoms with Gasteiger partial charge in [0.25, 0.3) is 5.91 Å². The second-order valence-electron chi connectivity index (χ2n) is 5.86. The zero-order chi connectivity index (χ0) is 20.7. The van der Waals surface area contributed by atoms with Crippen molar-refractivity contribution in [3.63, 3.8) is 0 Å². The van der Waals surface area contributed by atoms with Crippen molar-refractivity contribution in [3.8, 4) is 17.2 Å². The van der Waals surface area contributed by atoms with Gasteiger partial charge in [0.15, 0.2) is 18.1 Å². The molecular formula is C20H22FNO6. The van der Waals surface area contributed by atoms with Crippen LogP contribution in [0.25, 0.3) is 0 Å². The van der Waals surface area contributed by atoms with Gasteiger partial charge in [-0.15, -0.1) is 0 Å². The van der Waals surface area contributed by atoms with Crippen molar-refractivity contribution in [2.24, 2.45) is 0 Å². The Balaban J connectivity index is 2.03. The highest BCUT2D eigenvalue weighted by Gasteiger charge is 2.20. The van der Waals surface area contributed by atoms with E-state index >= 15 is 0 Å². The van der Waals surface area contributed by atoms with Crippen LogP contribution in [0.4, 0.5) is 4.39 Å². The van der Waals surface area contributed by atoms with Crippen molar-refractivity contribution in [2.75, 3.05) is 35.0 Å². The minimum absolute atomic E-state index is 0.0979. The smallest absolute Gasteiger partial charge is 0.342 e. The molecule has 8 heteroatoms. The molecular weight excluding hydrogens is 369 g/mol. The Bertz CT molecular complexity index is 855. The van der Waals surface area contributed by atoms with E-state index in [-0.39, 0.29) is 23.7 Å². The molecule has 0 saturated carbocycles. The van der Waals surface area contributed by atoms with Crippen molar-refractivity contribution in [1.29, 1.82) is 0 Å². The lowest BCUT2D eigenvalue weighted by molar-refractivity contribution is -0.133. The first kappa shape index (κ1) is 21.0. The van der Waals surface area contributed by atoms with Crippen LogP contribution in [0.5, 0.6) is 17.2 Å². The van der Waals surface area contributed by atoms with E-state index < -0.39 is 18.5 Å². The van der Waals surface area contributed by atoms with E-state index in [1.54, 1.807) is 12.1 Å². The van der Waals surface area contributed by atoms with E-state index in [1.807, 2.05) is 0 Å². The molecule has 1 amide bonds. The summed E-state index contributed by atoms with van der Waals surface area (Å²) in [4.78, 5) is 26.0. The zero-order valence-electron chi connectivity index (χ0n) is 16.2. The van der Waals surface area contributed by atoms with Crippen LogP contribution in [0.1, 0.15) is 15.9 Å². The number of methoxy groups -OCH3 is 3. The predicted octanol–water partition coefficient (Wildman–Crippen LogP) is 2.67. The van der Waals surface area contributed by atoms with Gasteiger partial charge >= 0.3 is 5.97 Å². The average molecular weight is 391 g/mol. The summed E-state index contributed by atoms with van der Waals surface area (Å²) in [5.74, 6) is -0.623. The van der Waals surface area contributed by atoms with E-state index in [0.29, 0.717) is 17.1 Å². The molecule has 0 unspecified atom stereocenters. The second-order valence-corrected chi connectivity index (χ2v) is 5.86. The van der Waals surface area contributed by atoms with Gasteiger partial charge in [0.05, 0.1) is 21.3 Å². The fourth-order valence-corrected chi connectivity index (χ4v) is 2.50. The van der Waals surface area contributed by atoms with Gasteiger partial charge in [-0.1, -0.05) is 12.1 Å². The molecule has 2 aromatic carbocycles. The van der Waals surface area contributed by atoms with Crippen LogP contribution in [0.3, 0.4) is 0 Å². The quantitative estimate of drug-likeness (QED) is 0.644. The van der Waals surface area contributed by atoms with Gasteiger partial charge in [-0.3, -0.25) is 4.79 Å². The van der Waals surface area contributed by atoms with E-state index in [4.69, 9.17) is 18.9 Å². The van der Waals surface area contributed by atoms with Crippen LogP contribution in [0.2, 0.25) is 0 Å². The fourth-order valence-electron chi connectivity index (χ4n) is 2.50. The van der Waals surface area contributed by atoms with Gasteiger partial charge in [-0.2, -0.15) is 0 Å².